The summed E-state index contributed by atoms with van der Waals surface area (Å²) in [5.74, 6) is 2.31. The van der Waals surface area contributed by atoms with E-state index < -0.39 is 0 Å². The molecule has 0 saturated carbocycles. The highest BCUT2D eigenvalue weighted by Crippen LogP contribution is 2.47. The molecule has 1 aliphatic carbocycles. The van der Waals surface area contributed by atoms with E-state index in [-0.39, 0.29) is 0 Å². The van der Waals surface area contributed by atoms with Gasteiger partial charge in [-0.25, -0.2) is 0 Å². The minimum absolute atomic E-state index is 0.718. The average Bonchev–Trinajstić information content (AvgIpc) is 3.01. The highest BCUT2D eigenvalue weighted by molar-refractivity contribution is 6.77. The molecule has 0 N–H and O–H groups in total. The molecule has 2 aromatic carbocycles. The third-order valence-corrected chi connectivity index (χ3v) is 7.84. The van der Waals surface area contributed by atoms with Crippen LogP contribution in [-0.2, 0) is 12.8 Å². The van der Waals surface area contributed by atoms with Crippen molar-refractivity contribution in [1.82, 2.24) is 4.90 Å². The average molecular weight is 343 g/mol. The van der Waals surface area contributed by atoms with Gasteiger partial charge in [0.2, 0.25) is 0 Å². The van der Waals surface area contributed by atoms with E-state index in [9.17, 15) is 0 Å². The van der Waals surface area contributed by atoms with E-state index in [0.29, 0.717) is 0 Å². The third-order valence-electron chi connectivity index (χ3n) is 7.84. The van der Waals surface area contributed by atoms with Crippen molar-refractivity contribution in [2.75, 3.05) is 13.6 Å². The van der Waals surface area contributed by atoms with Gasteiger partial charge in [0.05, 0.1) is 0 Å². The molecular weight excluding hydrogens is 313 g/mol. The Morgan fingerprint density at radius 1 is 1.08 bits per heavy atom. The van der Waals surface area contributed by atoms with Crippen LogP contribution in [-0.4, -0.2) is 31.2 Å². The standard InChI is InChI=1S/C24H30BN/c1-5-23-16(3)25-21-11-10-18-13-17-8-6-7-9-19(17)24(18)20(21)12-15(2)22(25)14-26(23)4/h6-11,15-16,22-23H,5,12-14H2,1-4H3/t15-,16-,22-,23+/m1/s1. The van der Waals surface area contributed by atoms with Gasteiger partial charge in [0.1, 0.15) is 0 Å². The van der Waals surface area contributed by atoms with E-state index in [4.69, 9.17) is 0 Å². The number of hydrogen-bond donors (Lipinski definition) is 0. The molecule has 134 valence electrons. The van der Waals surface area contributed by atoms with Gasteiger partial charge in [0.15, 0.2) is 6.71 Å². The second-order valence-electron chi connectivity index (χ2n) is 9.15. The van der Waals surface area contributed by atoms with Gasteiger partial charge in [-0.3, -0.25) is 0 Å². The lowest BCUT2D eigenvalue weighted by molar-refractivity contribution is 0.192. The molecule has 3 aliphatic rings. The first-order chi connectivity index (χ1) is 12.6. The fourth-order valence-corrected chi connectivity index (χ4v) is 6.67. The fraction of sp³-hybridized carbons (Fsp3) is 0.500. The van der Waals surface area contributed by atoms with E-state index in [1.807, 2.05) is 0 Å². The molecule has 0 radical (unpaired) electrons. The molecular formula is C24H30BN. The molecule has 0 amide bonds. The van der Waals surface area contributed by atoms with Crippen LogP contribution in [0.5, 0.6) is 0 Å². The molecule has 1 saturated heterocycles. The molecule has 2 heteroatoms. The minimum Gasteiger partial charge on any atom is -0.304 e. The highest BCUT2D eigenvalue weighted by atomic mass is 15.1. The van der Waals surface area contributed by atoms with Gasteiger partial charge in [-0.05, 0) is 78.2 Å². The molecule has 2 aromatic rings. The van der Waals surface area contributed by atoms with Crippen molar-refractivity contribution >= 4 is 12.2 Å². The van der Waals surface area contributed by atoms with Gasteiger partial charge in [-0.15, -0.1) is 0 Å². The maximum absolute atomic E-state index is 2.65. The van der Waals surface area contributed by atoms with Crippen LogP contribution in [0.25, 0.3) is 11.1 Å². The second-order valence-corrected chi connectivity index (χ2v) is 9.15. The largest absolute Gasteiger partial charge is 0.304 e. The Kier molecular flexibility index (Phi) is 3.83. The van der Waals surface area contributed by atoms with Gasteiger partial charge >= 0.3 is 0 Å². The molecule has 0 unspecified atom stereocenters. The summed E-state index contributed by atoms with van der Waals surface area (Å²) in [6.45, 7) is 9.39. The van der Waals surface area contributed by atoms with Crippen LogP contribution in [0.1, 0.15) is 43.9 Å². The normalized spacial score (nSPS) is 29.8. The molecule has 26 heavy (non-hydrogen) atoms. The summed E-state index contributed by atoms with van der Waals surface area (Å²) >= 11 is 0. The maximum atomic E-state index is 2.65. The number of hydrogen-bond acceptors (Lipinski definition) is 1. The summed E-state index contributed by atoms with van der Waals surface area (Å²) in [6.07, 6.45) is 3.64. The van der Waals surface area contributed by atoms with Crippen LogP contribution in [0, 0.1) is 5.92 Å². The summed E-state index contributed by atoms with van der Waals surface area (Å²) in [7, 11) is 2.35. The molecule has 2 heterocycles. The van der Waals surface area contributed by atoms with Crippen LogP contribution in [0.4, 0.5) is 0 Å². The summed E-state index contributed by atoms with van der Waals surface area (Å²) in [4.78, 5) is 2.65. The fourth-order valence-electron chi connectivity index (χ4n) is 6.67. The first kappa shape index (κ1) is 16.6. The number of fused-ring (bicyclic) bond motifs is 7. The number of rotatable bonds is 1. The Morgan fingerprint density at radius 2 is 1.88 bits per heavy atom. The Bertz CT molecular complexity index is 857. The zero-order valence-electron chi connectivity index (χ0n) is 16.6. The van der Waals surface area contributed by atoms with Gasteiger partial charge in [-0.2, -0.15) is 0 Å². The molecule has 4 atom stereocenters. The SMILES string of the molecule is CC[C@H]1[C@@H](C)B2c3ccc4c(c3C[C@@H](C)[C@H]2CN1C)-c1ccccc1C4. The van der Waals surface area contributed by atoms with E-state index in [1.165, 1.54) is 30.5 Å². The lowest BCUT2D eigenvalue weighted by atomic mass is 9.24. The highest BCUT2D eigenvalue weighted by Gasteiger charge is 2.48. The topological polar surface area (TPSA) is 3.24 Å². The molecule has 5 rings (SSSR count). The summed E-state index contributed by atoms with van der Waals surface area (Å²) in [5, 5.41) is 0. The Hall–Kier alpha value is -1.54. The van der Waals surface area contributed by atoms with Crippen LogP contribution in [0.2, 0.25) is 11.6 Å². The Balaban J connectivity index is 1.67. The van der Waals surface area contributed by atoms with Gasteiger partial charge < -0.3 is 4.90 Å². The van der Waals surface area contributed by atoms with Crippen LogP contribution in [0.15, 0.2) is 36.4 Å². The quantitative estimate of drug-likeness (QED) is 0.582. The first-order valence-electron chi connectivity index (χ1n) is 10.5. The third kappa shape index (κ3) is 2.21. The lowest BCUT2D eigenvalue weighted by Gasteiger charge is -2.50. The molecule has 0 bridgehead atoms. The molecule has 0 spiro atoms. The van der Waals surface area contributed by atoms with Crippen LogP contribution >= 0.6 is 0 Å². The first-order valence-corrected chi connectivity index (χ1v) is 10.5. The maximum Gasteiger partial charge on any atom is 0.185 e. The summed E-state index contributed by atoms with van der Waals surface area (Å²) in [5.41, 5.74) is 9.56. The van der Waals surface area contributed by atoms with Crippen molar-refractivity contribution in [2.24, 2.45) is 5.92 Å². The van der Waals surface area contributed by atoms with Gasteiger partial charge in [0, 0.05) is 6.04 Å². The minimum atomic E-state index is 0.718. The zero-order chi connectivity index (χ0) is 18.0. The summed E-state index contributed by atoms with van der Waals surface area (Å²) < 4.78 is 0. The Labute approximate surface area is 158 Å². The van der Waals surface area contributed by atoms with E-state index >= 15 is 0 Å². The van der Waals surface area contributed by atoms with Crippen molar-refractivity contribution in [2.45, 2.75) is 57.7 Å². The lowest BCUT2D eigenvalue weighted by Crippen LogP contribution is -2.59. The molecule has 1 fully saturated rings. The van der Waals surface area contributed by atoms with E-state index in [2.05, 4.69) is 69.1 Å². The Morgan fingerprint density at radius 3 is 2.69 bits per heavy atom. The van der Waals surface area contributed by atoms with Crippen molar-refractivity contribution in [3.05, 3.63) is 53.1 Å². The molecule has 2 aliphatic heterocycles. The van der Waals surface area contributed by atoms with Crippen molar-refractivity contribution in [3.63, 3.8) is 0 Å². The molecule has 0 aromatic heterocycles. The predicted molar refractivity (Wildman–Crippen MR) is 113 cm³/mol. The van der Waals surface area contributed by atoms with Crippen molar-refractivity contribution < 1.29 is 0 Å². The summed E-state index contributed by atoms with van der Waals surface area (Å²) in [6, 6.07) is 14.8. The van der Waals surface area contributed by atoms with Crippen LogP contribution in [0.3, 0.4) is 0 Å². The van der Waals surface area contributed by atoms with E-state index in [1.54, 1.807) is 22.2 Å². The second kappa shape index (κ2) is 5.99. The number of benzene rings is 2. The van der Waals surface area contributed by atoms with Crippen molar-refractivity contribution in [3.8, 4) is 11.1 Å². The zero-order valence-corrected chi connectivity index (χ0v) is 16.6. The van der Waals surface area contributed by atoms with Crippen LogP contribution < -0.4 is 5.46 Å². The van der Waals surface area contributed by atoms with E-state index in [0.717, 1.165) is 36.7 Å². The van der Waals surface area contributed by atoms with Gasteiger partial charge in [-0.1, -0.05) is 62.6 Å². The molecule has 1 nitrogen and oxygen atoms in total. The van der Waals surface area contributed by atoms with Crippen molar-refractivity contribution in [1.29, 1.82) is 0 Å². The van der Waals surface area contributed by atoms with Gasteiger partial charge in [0.25, 0.3) is 0 Å². The number of nitrogens with zero attached hydrogens (tertiary/aromatic N) is 1. The monoisotopic (exact) mass is 343 g/mol. The predicted octanol–water partition coefficient (Wildman–Crippen LogP) is 4.64. The smallest absolute Gasteiger partial charge is 0.185 e.